The molecule has 152 valence electrons. The third-order valence-corrected chi connectivity index (χ3v) is 7.33. The summed E-state index contributed by atoms with van der Waals surface area (Å²) in [6, 6.07) is 10.3. The Bertz CT molecular complexity index is 779. The number of amides is 1. The second-order valence-corrected chi connectivity index (χ2v) is 9.42. The first-order chi connectivity index (χ1) is 13.4. The van der Waals surface area contributed by atoms with Crippen LogP contribution in [-0.2, 0) is 11.8 Å². The number of benzene rings is 1. The predicted molar refractivity (Wildman–Crippen MR) is 115 cm³/mol. The molecule has 0 saturated heterocycles. The highest BCUT2D eigenvalue weighted by Gasteiger charge is 2.32. The van der Waals surface area contributed by atoms with Crippen LogP contribution in [-0.4, -0.2) is 32.5 Å². The molecular formula is C22H32N4OS. The van der Waals surface area contributed by atoms with Crippen molar-refractivity contribution in [1.82, 2.24) is 20.1 Å². The Labute approximate surface area is 172 Å². The number of carbonyl (C=O) groups is 1. The summed E-state index contributed by atoms with van der Waals surface area (Å²) in [6.07, 6.45) is 5.82. The van der Waals surface area contributed by atoms with E-state index in [1.165, 1.54) is 31.0 Å². The van der Waals surface area contributed by atoms with Gasteiger partial charge in [0.05, 0.1) is 5.75 Å². The maximum atomic E-state index is 12.4. The minimum Gasteiger partial charge on any atom is -0.353 e. The number of nitrogens with one attached hydrogen (secondary N) is 1. The maximum Gasteiger partial charge on any atom is 0.230 e. The molecule has 0 aliphatic heterocycles. The molecule has 5 nitrogen and oxygen atoms in total. The smallest absolute Gasteiger partial charge is 0.230 e. The van der Waals surface area contributed by atoms with Crippen LogP contribution in [0.5, 0.6) is 0 Å². The molecule has 3 rings (SSSR count). The van der Waals surface area contributed by atoms with Gasteiger partial charge in [-0.25, -0.2) is 0 Å². The average molecular weight is 401 g/mol. The van der Waals surface area contributed by atoms with Gasteiger partial charge in [0.15, 0.2) is 11.0 Å². The molecule has 1 N–H and O–H groups in total. The van der Waals surface area contributed by atoms with E-state index >= 15 is 0 Å². The van der Waals surface area contributed by atoms with E-state index in [-0.39, 0.29) is 5.91 Å². The average Bonchev–Trinajstić information content (AvgIpc) is 3.08. The Morgan fingerprint density at radius 2 is 1.86 bits per heavy atom. The van der Waals surface area contributed by atoms with Gasteiger partial charge in [0.1, 0.15) is 0 Å². The van der Waals surface area contributed by atoms with Gasteiger partial charge in [0.25, 0.3) is 0 Å². The van der Waals surface area contributed by atoms with Gasteiger partial charge in [-0.3, -0.25) is 4.79 Å². The Morgan fingerprint density at radius 1 is 1.18 bits per heavy atom. The molecule has 1 heterocycles. The fraction of sp³-hybridized carbons (Fsp3) is 0.591. The molecule has 1 aromatic carbocycles. The molecule has 2 aromatic rings. The largest absolute Gasteiger partial charge is 0.353 e. The van der Waals surface area contributed by atoms with Crippen LogP contribution in [0.3, 0.4) is 0 Å². The Balaban J connectivity index is 1.48. The van der Waals surface area contributed by atoms with Crippen LogP contribution in [0.1, 0.15) is 52.9 Å². The molecule has 28 heavy (non-hydrogen) atoms. The minimum absolute atomic E-state index is 0.0902. The van der Waals surface area contributed by atoms with Crippen molar-refractivity contribution in [2.75, 3.05) is 5.75 Å². The first-order valence-corrected chi connectivity index (χ1v) is 11.3. The molecule has 0 bridgehead atoms. The zero-order valence-electron chi connectivity index (χ0n) is 17.4. The lowest BCUT2D eigenvalue weighted by Crippen LogP contribution is -2.40. The number of rotatable bonds is 7. The highest BCUT2D eigenvalue weighted by molar-refractivity contribution is 7.99. The molecular weight excluding hydrogens is 368 g/mol. The molecule has 1 fully saturated rings. The highest BCUT2D eigenvalue weighted by Crippen LogP contribution is 2.40. The number of thioether (sulfide) groups is 1. The first kappa shape index (κ1) is 20.9. The van der Waals surface area contributed by atoms with Crippen molar-refractivity contribution in [2.45, 2.75) is 64.1 Å². The fourth-order valence-electron chi connectivity index (χ4n) is 3.99. The van der Waals surface area contributed by atoms with Gasteiger partial charge in [-0.2, -0.15) is 0 Å². The van der Waals surface area contributed by atoms with Gasteiger partial charge in [0.2, 0.25) is 5.91 Å². The van der Waals surface area contributed by atoms with E-state index in [1.807, 2.05) is 41.9 Å². The lowest BCUT2D eigenvalue weighted by molar-refractivity contribution is -0.119. The molecule has 0 spiro atoms. The Kier molecular flexibility index (Phi) is 6.81. The monoisotopic (exact) mass is 400 g/mol. The van der Waals surface area contributed by atoms with E-state index in [0.717, 1.165) is 35.3 Å². The van der Waals surface area contributed by atoms with Crippen LogP contribution in [0.25, 0.3) is 11.4 Å². The first-order valence-electron chi connectivity index (χ1n) is 10.3. The fourth-order valence-corrected chi connectivity index (χ4v) is 4.71. The molecule has 1 aromatic heterocycles. The maximum absolute atomic E-state index is 12.4. The van der Waals surface area contributed by atoms with Crippen molar-refractivity contribution in [3.63, 3.8) is 0 Å². The third-order valence-electron chi connectivity index (χ3n) is 6.31. The Morgan fingerprint density at radius 3 is 2.50 bits per heavy atom. The molecule has 6 heteroatoms. The number of aromatic nitrogens is 3. The number of nitrogens with zero attached hydrogens (tertiary/aromatic N) is 3. The molecule has 1 saturated carbocycles. The number of hydrogen-bond donors (Lipinski definition) is 1. The molecule has 1 amide bonds. The van der Waals surface area contributed by atoms with Crippen molar-refractivity contribution < 1.29 is 4.79 Å². The van der Waals surface area contributed by atoms with Gasteiger partial charge in [-0.15, -0.1) is 10.2 Å². The van der Waals surface area contributed by atoms with Crippen molar-refractivity contribution in [1.29, 1.82) is 0 Å². The lowest BCUT2D eigenvalue weighted by atomic mass is 9.69. The minimum atomic E-state index is 0.0902. The SMILES string of the molecule is CCC(C)(C)C1CCC(NC(=O)CSc2nnc(-c3ccccc3)n2C)CC1. The summed E-state index contributed by atoms with van der Waals surface area (Å²) >= 11 is 1.44. The molecule has 0 atom stereocenters. The second kappa shape index (κ2) is 9.12. The standard InChI is InChI=1S/C22H32N4OS/c1-5-22(2,3)17-11-13-18(14-12-17)23-19(27)15-28-21-25-24-20(26(21)4)16-9-7-6-8-10-16/h6-10,17-18H,5,11-15H2,1-4H3,(H,23,27). The predicted octanol–water partition coefficient (Wildman–Crippen LogP) is 4.69. The van der Waals surface area contributed by atoms with Crippen molar-refractivity contribution >= 4 is 17.7 Å². The molecule has 0 unspecified atom stereocenters. The zero-order chi connectivity index (χ0) is 20.1. The van der Waals surface area contributed by atoms with Crippen molar-refractivity contribution in [3.05, 3.63) is 30.3 Å². The van der Waals surface area contributed by atoms with E-state index in [9.17, 15) is 4.79 Å². The summed E-state index contributed by atoms with van der Waals surface area (Å²) in [6.45, 7) is 7.02. The normalized spacial score (nSPS) is 20.1. The summed E-state index contributed by atoms with van der Waals surface area (Å²) in [4.78, 5) is 12.4. The van der Waals surface area contributed by atoms with E-state index in [2.05, 4.69) is 36.3 Å². The molecule has 1 aliphatic rings. The van der Waals surface area contributed by atoms with E-state index in [1.54, 1.807) is 0 Å². The van der Waals surface area contributed by atoms with Crippen LogP contribution in [0.4, 0.5) is 0 Å². The Hall–Kier alpha value is -1.82. The van der Waals surface area contributed by atoms with Crippen LogP contribution in [0.2, 0.25) is 0 Å². The van der Waals surface area contributed by atoms with E-state index in [0.29, 0.717) is 17.2 Å². The molecule has 0 radical (unpaired) electrons. The van der Waals surface area contributed by atoms with Crippen LogP contribution in [0.15, 0.2) is 35.5 Å². The van der Waals surface area contributed by atoms with Gasteiger partial charge >= 0.3 is 0 Å². The van der Waals surface area contributed by atoms with Gasteiger partial charge in [-0.1, -0.05) is 69.3 Å². The summed E-state index contributed by atoms with van der Waals surface area (Å²) in [5.74, 6) is 2.06. The number of hydrogen-bond acceptors (Lipinski definition) is 4. The number of carbonyl (C=O) groups excluding carboxylic acids is 1. The summed E-state index contributed by atoms with van der Waals surface area (Å²) in [5, 5.41) is 12.5. The van der Waals surface area contributed by atoms with Gasteiger partial charge < -0.3 is 9.88 Å². The van der Waals surface area contributed by atoms with Crippen LogP contribution >= 0.6 is 11.8 Å². The van der Waals surface area contributed by atoms with Crippen LogP contribution < -0.4 is 5.32 Å². The molecule has 1 aliphatic carbocycles. The van der Waals surface area contributed by atoms with Gasteiger partial charge in [-0.05, 0) is 37.0 Å². The highest BCUT2D eigenvalue weighted by atomic mass is 32.2. The van der Waals surface area contributed by atoms with Gasteiger partial charge in [0, 0.05) is 18.7 Å². The van der Waals surface area contributed by atoms with Crippen molar-refractivity contribution in [2.24, 2.45) is 18.4 Å². The van der Waals surface area contributed by atoms with E-state index < -0.39 is 0 Å². The summed E-state index contributed by atoms with van der Waals surface area (Å²) in [7, 11) is 1.94. The lowest BCUT2D eigenvalue weighted by Gasteiger charge is -2.39. The quantitative estimate of drug-likeness (QED) is 0.685. The zero-order valence-corrected chi connectivity index (χ0v) is 18.3. The van der Waals surface area contributed by atoms with E-state index in [4.69, 9.17) is 0 Å². The summed E-state index contributed by atoms with van der Waals surface area (Å²) < 4.78 is 1.95. The van der Waals surface area contributed by atoms with Crippen LogP contribution in [0, 0.1) is 11.3 Å². The van der Waals surface area contributed by atoms with Crippen molar-refractivity contribution in [3.8, 4) is 11.4 Å². The topological polar surface area (TPSA) is 59.8 Å². The third kappa shape index (κ3) is 4.96. The second-order valence-electron chi connectivity index (χ2n) is 8.48. The summed E-state index contributed by atoms with van der Waals surface area (Å²) in [5.41, 5.74) is 1.44.